The molecule has 0 aliphatic carbocycles. The lowest BCUT2D eigenvalue weighted by Gasteiger charge is -2.00. The smallest absolute Gasteiger partial charge is 0.139 e. The summed E-state index contributed by atoms with van der Waals surface area (Å²) in [5, 5.41) is 8.03. The van der Waals surface area contributed by atoms with Crippen LogP contribution in [-0.4, -0.2) is 19.4 Å². The van der Waals surface area contributed by atoms with Crippen molar-refractivity contribution in [1.82, 2.24) is 19.4 Å². The van der Waals surface area contributed by atoms with E-state index in [1.807, 2.05) is 17.7 Å². The van der Waals surface area contributed by atoms with Gasteiger partial charge in [0.25, 0.3) is 0 Å². The first kappa shape index (κ1) is 8.65. The zero-order valence-electron chi connectivity index (χ0n) is 6.94. The first-order chi connectivity index (χ1) is 6.27. The highest BCUT2D eigenvalue weighted by Crippen LogP contribution is 2.18. The van der Waals surface area contributed by atoms with E-state index in [0.29, 0.717) is 10.9 Å². The van der Waals surface area contributed by atoms with E-state index < -0.39 is 0 Å². The number of hydrogen-bond donors (Lipinski definition) is 0. The standard InChI is InChI=1S/C7H7ClN4S/c1-5-2-3-9-12(5)4-6-7(8)13-11-10-6/h2-3H,4H2,1H3. The van der Waals surface area contributed by atoms with Crippen LogP contribution in [-0.2, 0) is 6.54 Å². The molecular weight excluding hydrogens is 208 g/mol. The molecule has 0 fully saturated rings. The molecule has 0 spiro atoms. The minimum atomic E-state index is 0.591. The van der Waals surface area contributed by atoms with Crippen molar-refractivity contribution in [1.29, 1.82) is 0 Å². The highest BCUT2D eigenvalue weighted by Gasteiger charge is 2.07. The van der Waals surface area contributed by atoms with Gasteiger partial charge in [-0.25, -0.2) is 0 Å². The highest BCUT2D eigenvalue weighted by molar-refractivity contribution is 7.10. The van der Waals surface area contributed by atoms with Crippen LogP contribution in [0.2, 0.25) is 4.34 Å². The molecule has 0 radical (unpaired) electrons. The fraction of sp³-hybridized carbons (Fsp3) is 0.286. The SMILES string of the molecule is Cc1ccnn1Cc1nnsc1Cl. The maximum Gasteiger partial charge on any atom is 0.139 e. The van der Waals surface area contributed by atoms with Crippen molar-refractivity contribution in [2.45, 2.75) is 13.5 Å². The second kappa shape index (κ2) is 3.43. The Kier molecular flexibility index (Phi) is 2.28. The van der Waals surface area contributed by atoms with Gasteiger partial charge >= 0.3 is 0 Å². The van der Waals surface area contributed by atoms with Gasteiger partial charge in [-0.3, -0.25) is 4.68 Å². The molecule has 0 amide bonds. The largest absolute Gasteiger partial charge is 0.264 e. The van der Waals surface area contributed by atoms with Gasteiger partial charge in [0, 0.05) is 23.4 Å². The summed E-state index contributed by atoms with van der Waals surface area (Å²) in [7, 11) is 0. The molecule has 0 saturated heterocycles. The molecule has 0 saturated carbocycles. The van der Waals surface area contributed by atoms with Crippen molar-refractivity contribution in [3.63, 3.8) is 0 Å². The topological polar surface area (TPSA) is 43.6 Å². The molecule has 0 unspecified atom stereocenters. The number of hydrogen-bond acceptors (Lipinski definition) is 4. The van der Waals surface area contributed by atoms with Crippen LogP contribution in [0.3, 0.4) is 0 Å². The van der Waals surface area contributed by atoms with Gasteiger partial charge in [-0.15, -0.1) is 5.10 Å². The summed E-state index contributed by atoms with van der Waals surface area (Å²) in [5.74, 6) is 0. The zero-order chi connectivity index (χ0) is 9.26. The number of aromatic nitrogens is 4. The van der Waals surface area contributed by atoms with Crippen LogP contribution in [0.5, 0.6) is 0 Å². The van der Waals surface area contributed by atoms with Gasteiger partial charge in [0.05, 0.1) is 6.54 Å². The van der Waals surface area contributed by atoms with E-state index in [-0.39, 0.29) is 0 Å². The van der Waals surface area contributed by atoms with Crippen LogP contribution in [0.1, 0.15) is 11.4 Å². The maximum atomic E-state index is 5.86. The molecule has 2 aromatic rings. The van der Waals surface area contributed by atoms with Crippen molar-refractivity contribution < 1.29 is 0 Å². The summed E-state index contributed by atoms with van der Waals surface area (Å²) in [6.45, 7) is 2.58. The van der Waals surface area contributed by atoms with Crippen molar-refractivity contribution >= 4 is 23.1 Å². The molecule has 0 aliphatic heterocycles. The maximum absolute atomic E-state index is 5.86. The van der Waals surface area contributed by atoms with Crippen molar-refractivity contribution in [3.8, 4) is 0 Å². The molecule has 4 nitrogen and oxygen atoms in total. The second-order valence-electron chi connectivity index (χ2n) is 2.62. The minimum Gasteiger partial charge on any atom is -0.264 e. The third-order valence-corrected chi connectivity index (χ3v) is 2.72. The predicted molar refractivity (Wildman–Crippen MR) is 51.0 cm³/mol. The quantitative estimate of drug-likeness (QED) is 0.765. The van der Waals surface area contributed by atoms with E-state index in [2.05, 4.69) is 14.7 Å². The molecule has 0 aromatic carbocycles. The van der Waals surface area contributed by atoms with Gasteiger partial charge in [0.15, 0.2) is 0 Å². The monoisotopic (exact) mass is 214 g/mol. The van der Waals surface area contributed by atoms with E-state index in [4.69, 9.17) is 11.6 Å². The zero-order valence-corrected chi connectivity index (χ0v) is 8.51. The Morgan fingerprint density at radius 2 is 2.46 bits per heavy atom. The van der Waals surface area contributed by atoms with Gasteiger partial charge < -0.3 is 0 Å². The van der Waals surface area contributed by atoms with E-state index in [1.54, 1.807) is 6.20 Å². The molecule has 2 heterocycles. The van der Waals surface area contributed by atoms with Crippen LogP contribution >= 0.6 is 23.1 Å². The first-order valence-electron chi connectivity index (χ1n) is 3.72. The lowest BCUT2D eigenvalue weighted by atomic mass is 10.4. The van der Waals surface area contributed by atoms with Gasteiger partial charge in [-0.1, -0.05) is 16.1 Å². The fourth-order valence-corrected chi connectivity index (χ4v) is 1.61. The Hall–Kier alpha value is -0.940. The summed E-state index contributed by atoms with van der Waals surface area (Å²) in [4.78, 5) is 0. The van der Waals surface area contributed by atoms with E-state index in [9.17, 15) is 0 Å². The van der Waals surface area contributed by atoms with Gasteiger partial charge in [-0.05, 0) is 13.0 Å². The average Bonchev–Trinajstić information content (AvgIpc) is 2.65. The Labute approximate surface area is 84.3 Å². The fourth-order valence-electron chi connectivity index (χ4n) is 0.997. The Morgan fingerprint density at radius 3 is 3.00 bits per heavy atom. The average molecular weight is 215 g/mol. The van der Waals surface area contributed by atoms with Crippen LogP contribution in [0.15, 0.2) is 12.3 Å². The molecule has 0 N–H and O–H groups in total. The van der Waals surface area contributed by atoms with Crippen LogP contribution < -0.4 is 0 Å². The molecule has 6 heteroatoms. The van der Waals surface area contributed by atoms with Crippen molar-refractivity contribution in [2.24, 2.45) is 0 Å². The molecule has 2 rings (SSSR count). The number of rotatable bonds is 2. The normalized spacial score (nSPS) is 10.6. The van der Waals surface area contributed by atoms with Gasteiger partial charge in [-0.2, -0.15) is 5.10 Å². The molecule has 0 aliphatic rings. The Morgan fingerprint density at radius 1 is 1.62 bits per heavy atom. The third kappa shape index (κ3) is 1.71. The van der Waals surface area contributed by atoms with Gasteiger partial charge in [0.2, 0.25) is 0 Å². The molecule has 68 valence electrons. The predicted octanol–water partition coefficient (Wildman–Crippen LogP) is 1.74. The van der Waals surface area contributed by atoms with Crippen LogP contribution in [0, 0.1) is 6.92 Å². The molecule has 0 bridgehead atoms. The van der Waals surface area contributed by atoms with Crippen LogP contribution in [0.25, 0.3) is 0 Å². The molecule has 2 aromatic heterocycles. The molecular formula is C7H7ClN4S. The summed E-state index contributed by atoms with van der Waals surface area (Å²) >= 11 is 7.06. The lowest BCUT2D eigenvalue weighted by molar-refractivity contribution is 0.651. The van der Waals surface area contributed by atoms with Crippen molar-refractivity contribution in [2.75, 3.05) is 0 Å². The van der Waals surface area contributed by atoms with E-state index >= 15 is 0 Å². The van der Waals surface area contributed by atoms with Gasteiger partial charge in [0.1, 0.15) is 10.0 Å². The molecule has 13 heavy (non-hydrogen) atoms. The number of aryl methyl sites for hydroxylation is 1. The summed E-state index contributed by atoms with van der Waals surface area (Å²) in [5.41, 5.74) is 1.86. The Bertz CT molecular complexity index is 370. The summed E-state index contributed by atoms with van der Waals surface area (Å²) in [6, 6.07) is 1.94. The van der Waals surface area contributed by atoms with E-state index in [1.165, 1.54) is 11.5 Å². The summed E-state index contributed by atoms with van der Waals surface area (Å²) < 4.78 is 6.22. The lowest BCUT2D eigenvalue weighted by Crippen LogP contribution is -2.04. The highest BCUT2D eigenvalue weighted by atomic mass is 35.5. The third-order valence-electron chi connectivity index (χ3n) is 1.74. The first-order valence-corrected chi connectivity index (χ1v) is 4.87. The Balaban J connectivity index is 2.24. The van der Waals surface area contributed by atoms with Crippen LogP contribution in [0.4, 0.5) is 0 Å². The summed E-state index contributed by atoms with van der Waals surface area (Å²) in [6.07, 6.45) is 1.75. The molecule has 0 atom stereocenters. The second-order valence-corrected chi connectivity index (χ2v) is 3.98. The van der Waals surface area contributed by atoms with E-state index in [0.717, 1.165) is 11.4 Å². The number of nitrogens with zero attached hydrogens (tertiary/aromatic N) is 4. The minimum absolute atomic E-state index is 0.591. The van der Waals surface area contributed by atoms with Crippen molar-refractivity contribution in [3.05, 3.63) is 28.0 Å². The number of halogens is 1.